The Hall–Kier alpha value is -1.05. The Morgan fingerprint density at radius 1 is 1.53 bits per heavy atom. The number of rotatable bonds is 2. The molecule has 2 N–H and O–H groups in total. The molecule has 1 fully saturated rings. The van der Waals surface area contributed by atoms with Gasteiger partial charge in [0.15, 0.2) is 0 Å². The Labute approximate surface area is 87.3 Å². The van der Waals surface area contributed by atoms with E-state index in [1.54, 1.807) is 0 Å². The summed E-state index contributed by atoms with van der Waals surface area (Å²) in [5.41, 5.74) is -0.709. The van der Waals surface area contributed by atoms with Crippen molar-refractivity contribution in [2.45, 2.75) is 10.8 Å². The third-order valence-electron chi connectivity index (χ3n) is 2.28. The number of nitrogens with one attached hydrogen (secondary N) is 1. The van der Waals surface area contributed by atoms with Crippen LogP contribution in [0.3, 0.4) is 0 Å². The minimum Gasteiger partial charge on any atom is -0.381 e. The number of aromatic nitrogens is 2. The summed E-state index contributed by atoms with van der Waals surface area (Å²) >= 11 is 0. The molecule has 1 saturated heterocycles. The van der Waals surface area contributed by atoms with Gasteiger partial charge in [0.25, 0.3) is 0 Å². The molecule has 6 nitrogen and oxygen atoms in total. The maximum atomic E-state index is 11.2. The highest BCUT2D eigenvalue weighted by Crippen LogP contribution is 2.23. The van der Waals surface area contributed by atoms with Gasteiger partial charge in [0.1, 0.15) is 5.60 Å². The first-order valence-electron chi connectivity index (χ1n) is 4.38. The maximum Gasteiger partial charge on any atom is 0.247 e. The average molecular weight is 229 g/mol. The summed E-state index contributed by atoms with van der Waals surface area (Å²) in [5, 5.41) is 12.6. The number of β-amino-alcohol motifs (C(OH)–C–C–N with tert-alkyl or cyclic N) is 1. The van der Waals surface area contributed by atoms with Crippen molar-refractivity contribution in [1.29, 1.82) is 0 Å². The Morgan fingerprint density at radius 2 is 2.20 bits per heavy atom. The zero-order valence-electron chi connectivity index (χ0n) is 8.14. The SMILES string of the molecule is CS(=O)(=O)c1nccc(C2(O)CNC2)n1. The lowest BCUT2D eigenvalue weighted by Gasteiger charge is -2.36. The molecule has 1 aliphatic heterocycles. The number of aliphatic hydroxyl groups is 1. The highest BCUT2D eigenvalue weighted by atomic mass is 32.2. The van der Waals surface area contributed by atoms with Crippen LogP contribution in [0.25, 0.3) is 0 Å². The van der Waals surface area contributed by atoms with Crippen LogP contribution in [-0.4, -0.2) is 42.8 Å². The Bertz CT molecular complexity index is 482. The van der Waals surface area contributed by atoms with Crippen molar-refractivity contribution in [3.8, 4) is 0 Å². The van der Waals surface area contributed by atoms with Crippen LogP contribution >= 0.6 is 0 Å². The first kappa shape index (κ1) is 10.5. The van der Waals surface area contributed by atoms with E-state index in [-0.39, 0.29) is 5.16 Å². The fourth-order valence-corrected chi connectivity index (χ4v) is 1.84. The summed E-state index contributed by atoms with van der Waals surface area (Å²) in [7, 11) is -3.42. The Morgan fingerprint density at radius 3 is 2.67 bits per heavy atom. The summed E-state index contributed by atoms with van der Waals surface area (Å²) in [6.45, 7) is 0.764. The van der Waals surface area contributed by atoms with Crippen molar-refractivity contribution in [3.63, 3.8) is 0 Å². The molecule has 0 bridgehead atoms. The Balaban J connectivity index is 2.43. The van der Waals surface area contributed by atoms with Crippen molar-refractivity contribution >= 4 is 9.84 Å². The molecule has 0 aromatic carbocycles. The second-order valence-corrected chi connectivity index (χ2v) is 5.54. The summed E-state index contributed by atoms with van der Waals surface area (Å²) in [5.74, 6) is 0. The largest absolute Gasteiger partial charge is 0.381 e. The average Bonchev–Trinajstić information content (AvgIpc) is 2.13. The van der Waals surface area contributed by atoms with Crippen molar-refractivity contribution < 1.29 is 13.5 Å². The molecule has 1 aromatic heterocycles. The van der Waals surface area contributed by atoms with Gasteiger partial charge in [-0.15, -0.1) is 0 Å². The van der Waals surface area contributed by atoms with Gasteiger partial charge in [0, 0.05) is 25.5 Å². The smallest absolute Gasteiger partial charge is 0.247 e. The molecule has 0 unspecified atom stereocenters. The molecular weight excluding hydrogens is 218 g/mol. The van der Waals surface area contributed by atoms with Gasteiger partial charge in [-0.1, -0.05) is 0 Å². The normalized spacial score (nSPS) is 19.6. The second kappa shape index (κ2) is 3.22. The molecule has 0 aliphatic carbocycles. The lowest BCUT2D eigenvalue weighted by molar-refractivity contribution is -0.0192. The molecule has 0 spiro atoms. The number of hydrogen-bond donors (Lipinski definition) is 2. The molecule has 1 aliphatic rings. The van der Waals surface area contributed by atoms with Crippen LogP contribution in [-0.2, 0) is 15.4 Å². The highest BCUT2D eigenvalue weighted by Gasteiger charge is 2.38. The predicted molar refractivity (Wildman–Crippen MR) is 51.9 cm³/mol. The van der Waals surface area contributed by atoms with E-state index in [2.05, 4.69) is 15.3 Å². The predicted octanol–water partition coefficient (Wildman–Crippen LogP) is -1.33. The van der Waals surface area contributed by atoms with Gasteiger partial charge in [-0.3, -0.25) is 0 Å². The molecule has 1 aromatic rings. The van der Waals surface area contributed by atoms with E-state index < -0.39 is 15.4 Å². The summed E-state index contributed by atoms with van der Waals surface area (Å²) in [4.78, 5) is 7.50. The second-order valence-electron chi connectivity index (χ2n) is 3.63. The monoisotopic (exact) mass is 229 g/mol. The summed E-state index contributed by atoms with van der Waals surface area (Å²) < 4.78 is 22.4. The van der Waals surface area contributed by atoms with Gasteiger partial charge < -0.3 is 10.4 Å². The molecule has 7 heteroatoms. The minimum atomic E-state index is -3.42. The van der Waals surface area contributed by atoms with Crippen molar-refractivity contribution in [2.24, 2.45) is 0 Å². The molecule has 0 atom stereocenters. The van der Waals surface area contributed by atoms with E-state index in [1.165, 1.54) is 12.3 Å². The molecule has 15 heavy (non-hydrogen) atoms. The fourth-order valence-electron chi connectivity index (χ4n) is 1.32. The molecule has 2 rings (SSSR count). The van der Waals surface area contributed by atoms with Gasteiger partial charge in [-0.25, -0.2) is 18.4 Å². The highest BCUT2D eigenvalue weighted by molar-refractivity contribution is 7.90. The third kappa shape index (κ3) is 1.85. The zero-order valence-corrected chi connectivity index (χ0v) is 8.95. The van der Waals surface area contributed by atoms with Crippen molar-refractivity contribution in [2.75, 3.05) is 19.3 Å². The van der Waals surface area contributed by atoms with E-state index in [0.29, 0.717) is 18.8 Å². The molecule has 0 amide bonds. The first-order valence-corrected chi connectivity index (χ1v) is 6.28. The maximum absolute atomic E-state index is 11.2. The van der Waals surface area contributed by atoms with E-state index in [9.17, 15) is 13.5 Å². The third-order valence-corrected chi connectivity index (χ3v) is 3.14. The van der Waals surface area contributed by atoms with E-state index in [0.717, 1.165) is 6.26 Å². The fraction of sp³-hybridized carbons (Fsp3) is 0.500. The molecule has 0 radical (unpaired) electrons. The van der Waals surface area contributed by atoms with Crippen LogP contribution in [0, 0.1) is 0 Å². The summed E-state index contributed by atoms with van der Waals surface area (Å²) in [6, 6.07) is 1.52. The van der Waals surface area contributed by atoms with Crippen LogP contribution in [0.15, 0.2) is 17.4 Å². The quantitative estimate of drug-likeness (QED) is 0.610. The lowest BCUT2D eigenvalue weighted by atomic mass is 9.93. The standard InChI is InChI=1S/C8H11N3O3S/c1-15(13,14)7-10-3-2-6(11-7)8(12)4-9-5-8/h2-3,9,12H,4-5H2,1H3. The van der Waals surface area contributed by atoms with Gasteiger partial charge in [0.05, 0.1) is 5.69 Å². The molecule has 82 valence electrons. The van der Waals surface area contributed by atoms with Gasteiger partial charge in [-0.2, -0.15) is 0 Å². The van der Waals surface area contributed by atoms with Crippen molar-refractivity contribution in [3.05, 3.63) is 18.0 Å². The van der Waals surface area contributed by atoms with E-state index in [1.807, 2.05) is 0 Å². The number of hydrogen-bond acceptors (Lipinski definition) is 6. The van der Waals surface area contributed by atoms with Crippen LogP contribution in [0.4, 0.5) is 0 Å². The van der Waals surface area contributed by atoms with Crippen LogP contribution in [0.5, 0.6) is 0 Å². The Kier molecular flexibility index (Phi) is 2.25. The first-order chi connectivity index (χ1) is 6.92. The van der Waals surface area contributed by atoms with Crippen LogP contribution < -0.4 is 5.32 Å². The van der Waals surface area contributed by atoms with E-state index in [4.69, 9.17) is 0 Å². The zero-order chi connectivity index (χ0) is 11.1. The molecule has 2 heterocycles. The van der Waals surface area contributed by atoms with Gasteiger partial charge in [0.2, 0.25) is 15.0 Å². The number of nitrogens with zero attached hydrogens (tertiary/aromatic N) is 2. The number of sulfone groups is 1. The molecule has 0 saturated carbocycles. The summed E-state index contributed by atoms with van der Waals surface area (Å²) in [6.07, 6.45) is 2.38. The van der Waals surface area contributed by atoms with E-state index >= 15 is 0 Å². The topological polar surface area (TPSA) is 92.2 Å². The van der Waals surface area contributed by atoms with Crippen molar-refractivity contribution in [1.82, 2.24) is 15.3 Å². The minimum absolute atomic E-state index is 0.250. The lowest BCUT2D eigenvalue weighted by Crippen LogP contribution is -2.57. The molecular formula is C8H11N3O3S. The van der Waals surface area contributed by atoms with Crippen LogP contribution in [0.2, 0.25) is 0 Å². The van der Waals surface area contributed by atoms with Gasteiger partial charge in [-0.05, 0) is 6.07 Å². The van der Waals surface area contributed by atoms with Crippen LogP contribution in [0.1, 0.15) is 5.69 Å². The van der Waals surface area contributed by atoms with Gasteiger partial charge >= 0.3 is 0 Å².